The van der Waals surface area contributed by atoms with Gasteiger partial charge in [0.25, 0.3) is 5.91 Å². The normalized spacial score (nSPS) is 10.6. The molecule has 9 nitrogen and oxygen atoms in total. The predicted molar refractivity (Wildman–Crippen MR) is 90.1 cm³/mol. The lowest BCUT2D eigenvalue weighted by Crippen LogP contribution is -2.12. The van der Waals surface area contributed by atoms with Crippen LogP contribution in [0.4, 0.5) is 5.69 Å². The highest BCUT2D eigenvalue weighted by atomic mass is 16.5. The molecule has 0 aliphatic heterocycles. The number of ether oxygens (including phenoxy) is 1. The van der Waals surface area contributed by atoms with E-state index in [0.29, 0.717) is 29.4 Å². The number of carbonyl (C=O) groups excluding carboxylic acids is 1. The van der Waals surface area contributed by atoms with Crippen LogP contribution in [0, 0.1) is 0 Å². The standard InChI is InChI=1S/C16H19N7O2/c1-3-22-10-13(9-17-22)18-16(24)12-6-5-7-14(8-12)25-11-15-19-20-21-23(15)4-2/h5-10H,3-4,11H2,1-2H3,(H,18,24). The van der Waals surface area contributed by atoms with E-state index in [2.05, 4.69) is 25.9 Å². The van der Waals surface area contributed by atoms with Gasteiger partial charge >= 0.3 is 0 Å². The highest BCUT2D eigenvalue weighted by Crippen LogP contribution is 2.16. The molecule has 2 heterocycles. The summed E-state index contributed by atoms with van der Waals surface area (Å²) >= 11 is 0. The Kier molecular flexibility index (Phi) is 5.03. The van der Waals surface area contributed by atoms with Gasteiger partial charge in [-0.2, -0.15) is 5.10 Å². The Labute approximate surface area is 144 Å². The molecule has 130 valence electrons. The van der Waals surface area contributed by atoms with E-state index in [1.54, 1.807) is 46.0 Å². The molecule has 25 heavy (non-hydrogen) atoms. The van der Waals surface area contributed by atoms with E-state index in [-0.39, 0.29) is 12.5 Å². The van der Waals surface area contributed by atoms with Gasteiger partial charge in [-0.1, -0.05) is 6.07 Å². The number of hydrogen-bond acceptors (Lipinski definition) is 6. The maximum absolute atomic E-state index is 12.4. The van der Waals surface area contributed by atoms with Crippen LogP contribution in [0.1, 0.15) is 30.0 Å². The van der Waals surface area contributed by atoms with Crippen LogP contribution in [0.5, 0.6) is 5.75 Å². The summed E-state index contributed by atoms with van der Waals surface area (Å²) in [7, 11) is 0. The van der Waals surface area contributed by atoms with E-state index in [1.165, 1.54) is 0 Å². The van der Waals surface area contributed by atoms with Crippen molar-refractivity contribution in [2.75, 3.05) is 5.32 Å². The molecular weight excluding hydrogens is 322 g/mol. The smallest absolute Gasteiger partial charge is 0.255 e. The Morgan fingerprint density at radius 1 is 1.28 bits per heavy atom. The first-order valence-electron chi connectivity index (χ1n) is 8.01. The SMILES string of the molecule is CCn1cc(NC(=O)c2cccc(OCc3nnnn3CC)c2)cn1. The number of aromatic nitrogens is 6. The number of tetrazole rings is 1. The molecule has 0 saturated heterocycles. The number of nitrogens with zero attached hydrogens (tertiary/aromatic N) is 6. The predicted octanol–water partition coefficient (Wildman–Crippen LogP) is 1.74. The second-order valence-corrected chi connectivity index (χ2v) is 5.27. The van der Waals surface area contributed by atoms with Gasteiger partial charge in [0.05, 0.1) is 11.9 Å². The van der Waals surface area contributed by atoms with Crippen molar-refractivity contribution in [2.45, 2.75) is 33.5 Å². The molecule has 1 amide bonds. The number of hydrogen-bond donors (Lipinski definition) is 1. The Bertz CT molecular complexity index is 856. The van der Waals surface area contributed by atoms with E-state index >= 15 is 0 Å². The van der Waals surface area contributed by atoms with Crippen molar-refractivity contribution >= 4 is 11.6 Å². The zero-order chi connectivity index (χ0) is 17.6. The highest BCUT2D eigenvalue weighted by Gasteiger charge is 2.10. The molecule has 0 radical (unpaired) electrons. The minimum absolute atomic E-state index is 0.223. The lowest BCUT2D eigenvalue weighted by Gasteiger charge is -2.08. The number of anilines is 1. The number of amides is 1. The van der Waals surface area contributed by atoms with Crippen LogP contribution in [-0.4, -0.2) is 35.9 Å². The minimum atomic E-state index is -0.223. The molecule has 1 N–H and O–H groups in total. The second kappa shape index (κ2) is 7.56. The van der Waals surface area contributed by atoms with Gasteiger partial charge in [-0.05, 0) is 42.5 Å². The van der Waals surface area contributed by atoms with Crippen molar-refractivity contribution in [3.05, 3.63) is 48.0 Å². The number of nitrogens with one attached hydrogen (secondary N) is 1. The van der Waals surface area contributed by atoms with Crippen molar-refractivity contribution in [2.24, 2.45) is 0 Å². The summed E-state index contributed by atoms with van der Waals surface area (Å²) in [6, 6.07) is 6.96. The Hall–Kier alpha value is -3.23. The highest BCUT2D eigenvalue weighted by molar-refractivity contribution is 6.04. The first-order chi connectivity index (χ1) is 12.2. The fourth-order valence-corrected chi connectivity index (χ4v) is 2.25. The topological polar surface area (TPSA) is 99.8 Å². The van der Waals surface area contributed by atoms with Crippen molar-refractivity contribution in [3.63, 3.8) is 0 Å². The van der Waals surface area contributed by atoms with Crippen LogP contribution in [-0.2, 0) is 19.7 Å². The van der Waals surface area contributed by atoms with Crippen molar-refractivity contribution in [1.82, 2.24) is 30.0 Å². The van der Waals surface area contributed by atoms with Gasteiger partial charge < -0.3 is 10.1 Å². The summed E-state index contributed by atoms with van der Waals surface area (Å²) in [5.41, 5.74) is 1.15. The molecule has 0 unspecified atom stereocenters. The average Bonchev–Trinajstić information content (AvgIpc) is 3.28. The van der Waals surface area contributed by atoms with Gasteiger partial charge in [-0.3, -0.25) is 9.48 Å². The molecule has 0 saturated carbocycles. The molecule has 0 fully saturated rings. The Balaban J connectivity index is 1.65. The maximum Gasteiger partial charge on any atom is 0.255 e. The van der Waals surface area contributed by atoms with Crippen LogP contribution in [0.3, 0.4) is 0 Å². The van der Waals surface area contributed by atoms with E-state index in [9.17, 15) is 4.79 Å². The Morgan fingerprint density at radius 2 is 2.16 bits per heavy atom. The summed E-state index contributed by atoms with van der Waals surface area (Å²) in [5.74, 6) is 0.978. The van der Waals surface area contributed by atoms with Crippen LogP contribution < -0.4 is 10.1 Å². The monoisotopic (exact) mass is 341 g/mol. The fourth-order valence-electron chi connectivity index (χ4n) is 2.25. The number of aryl methyl sites for hydroxylation is 2. The van der Waals surface area contributed by atoms with Crippen molar-refractivity contribution in [3.8, 4) is 5.75 Å². The van der Waals surface area contributed by atoms with Gasteiger partial charge in [0, 0.05) is 24.8 Å². The average molecular weight is 341 g/mol. The molecular formula is C16H19N7O2. The van der Waals surface area contributed by atoms with E-state index in [4.69, 9.17) is 4.74 Å². The van der Waals surface area contributed by atoms with Gasteiger partial charge in [-0.25, -0.2) is 4.68 Å². The van der Waals surface area contributed by atoms with Crippen molar-refractivity contribution < 1.29 is 9.53 Å². The first kappa shape index (κ1) is 16.6. The third kappa shape index (κ3) is 4.00. The van der Waals surface area contributed by atoms with Crippen LogP contribution in [0.2, 0.25) is 0 Å². The second-order valence-electron chi connectivity index (χ2n) is 5.27. The molecule has 1 aromatic carbocycles. The third-order valence-corrected chi connectivity index (χ3v) is 3.58. The van der Waals surface area contributed by atoms with Gasteiger partial charge in [0.1, 0.15) is 12.4 Å². The zero-order valence-corrected chi connectivity index (χ0v) is 14.1. The molecule has 3 rings (SSSR count). The van der Waals surface area contributed by atoms with E-state index in [0.717, 1.165) is 6.54 Å². The first-order valence-corrected chi connectivity index (χ1v) is 8.01. The van der Waals surface area contributed by atoms with Gasteiger partial charge in [0.2, 0.25) is 0 Å². The molecule has 0 bridgehead atoms. The molecule has 0 spiro atoms. The lowest BCUT2D eigenvalue weighted by atomic mass is 10.2. The quantitative estimate of drug-likeness (QED) is 0.703. The summed E-state index contributed by atoms with van der Waals surface area (Å²) in [6.45, 7) is 5.57. The zero-order valence-electron chi connectivity index (χ0n) is 14.1. The number of rotatable bonds is 7. The molecule has 2 aromatic heterocycles. The van der Waals surface area contributed by atoms with Crippen LogP contribution in [0.15, 0.2) is 36.7 Å². The third-order valence-electron chi connectivity index (χ3n) is 3.58. The van der Waals surface area contributed by atoms with Crippen LogP contribution >= 0.6 is 0 Å². The molecule has 0 aliphatic rings. The minimum Gasteiger partial charge on any atom is -0.486 e. The van der Waals surface area contributed by atoms with Gasteiger partial charge in [-0.15, -0.1) is 5.10 Å². The molecule has 0 atom stereocenters. The van der Waals surface area contributed by atoms with Crippen molar-refractivity contribution in [1.29, 1.82) is 0 Å². The number of benzene rings is 1. The Morgan fingerprint density at radius 3 is 2.92 bits per heavy atom. The largest absolute Gasteiger partial charge is 0.486 e. The summed E-state index contributed by atoms with van der Waals surface area (Å²) in [4.78, 5) is 12.4. The number of carbonyl (C=O) groups is 1. The van der Waals surface area contributed by atoms with Crippen LogP contribution in [0.25, 0.3) is 0 Å². The van der Waals surface area contributed by atoms with E-state index < -0.39 is 0 Å². The molecule has 0 aliphatic carbocycles. The maximum atomic E-state index is 12.4. The summed E-state index contributed by atoms with van der Waals surface area (Å²) < 4.78 is 9.09. The summed E-state index contributed by atoms with van der Waals surface area (Å²) in [6.07, 6.45) is 3.40. The van der Waals surface area contributed by atoms with Gasteiger partial charge in [0.15, 0.2) is 5.82 Å². The van der Waals surface area contributed by atoms with E-state index in [1.807, 2.05) is 13.8 Å². The molecule has 3 aromatic rings. The fraction of sp³-hybridized carbons (Fsp3) is 0.312. The lowest BCUT2D eigenvalue weighted by molar-refractivity contribution is 0.102. The summed E-state index contributed by atoms with van der Waals surface area (Å²) in [5, 5.41) is 18.3. The molecule has 9 heteroatoms.